The van der Waals surface area contributed by atoms with Gasteiger partial charge in [-0.05, 0) is 41.8 Å². The van der Waals surface area contributed by atoms with Crippen LogP contribution in [0.4, 0.5) is 4.79 Å². The van der Waals surface area contributed by atoms with Gasteiger partial charge in [0.05, 0.1) is 29.4 Å². The smallest absolute Gasteiger partial charge is 0.407 e. The van der Waals surface area contributed by atoms with Crippen molar-refractivity contribution in [3.05, 3.63) is 70.7 Å². The monoisotopic (exact) mass is 419 g/mol. The fraction of sp³-hybridized carbons (Fsp3) is 0.261. The maximum Gasteiger partial charge on any atom is 0.407 e. The van der Waals surface area contributed by atoms with Crippen LogP contribution in [-0.4, -0.2) is 40.3 Å². The summed E-state index contributed by atoms with van der Waals surface area (Å²) in [6.45, 7) is 0.958. The van der Waals surface area contributed by atoms with E-state index in [1.807, 2.05) is 47.8 Å². The molecular formula is C23H21N3O3S. The van der Waals surface area contributed by atoms with E-state index in [0.717, 1.165) is 29.0 Å². The van der Waals surface area contributed by atoms with Crippen LogP contribution in [-0.2, 0) is 6.42 Å². The molecule has 0 radical (unpaired) electrons. The Hall–Kier alpha value is -3.37. The van der Waals surface area contributed by atoms with Gasteiger partial charge in [-0.15, -0.1) is 11.3 Å². The molecule has 30 heavy (non-hydrogen) atoms. The van der Waals surface area contributed by atoms with Gasteiger partial charge in [0.1, 0.15) is 5.75 Å². The average molecular weight is 420 g/mol. The summed E-state index contributed by atoms with van der Waals surface area (Å²) in [5.41, 5.74) is 5.24. The molecule has 2 unspecified atom stereocenters. The Kier molecular flexibility index (Phi) is 5.96. The van der Waals surface area contributed by atoms with Crippen molar-refractivity contribution in [1.82, 2.24) is 9.88 Å². The minimum absolute atomic E-state index is 0.105. The predicted octanol–water partition coefficient (Wildman–Crippen LogP) is 4.67. The molecule has 1 saturated heterocycles. The number of benzene rings is 2. The van der Waals surface area contributed by atoms with E-state index < -0.39 is 6.09 Å². The molecule has 1 fully saturated rings. The largest absolute Gasteiger partial charge is 0.493 e. The summed E-state index contributed by atoms with van der Waals surface area (Å²) in [4.78, 5) is 17.5. The molecule has 0 bridgehead atoms. The van der Waals surface area contributed by atoms with Crippen molar-refractivity contribution in [2.24, 2.45) is 5.92 Å². The first kappa shape index (κ1) is 19.9. The Bertz CT molecular complexity index is 1060. The van der Waals surface area contributed by atoms with Crippen LogP contribution in [0.2, 0.25) is 0 Å². The van der Waals surface area contributed by atoms with Gasteiger partial charge in [0.2, 0.25) is 0 Å². The van der Waals surface area contributed by atoms with Crippen molar-refractivity contribution in [2.45, 2.75) is 18.9 Å². The number of nitriles is 1. The molecule has 4 rings (SSSR count). The second-order valence-electron chi connectivity index (χ2n) is 7.31. The quantitative estimate of drug-likeness (QED) is 0.627. The van der Waals surface area contributed by atoms with Crippen molar-refractivity contribution < 1.29 is 14.6 Å². The molecule has 1 aromatic heterocycles. The highest BCUT2D eigenvalue weighted by Gasteiger charge is 2.37. The van der Waals surface area contributed by atoms with E-state index in [0.29, 0.717) is 25.1 Å². The maximum atomic E-state index is 11.7. The Labute approximate surface area is 179 Å². The number of ether oxygens (including phenoxy) is 1. The van der Waals surface area contributed by atoms with E-state index in [9.17, 15) is 9.90 Å². The van der Waals surface area contributed by atoms with Crippen LogP contribution < -0.4 is 4.74 Å². The zero-order chi connectivity index (χ0) is 20.9. The lowest BCUT2D eigenvalue weighted by Gasteiger charge is -2.25. The van der Waals surface area contributed by atoms with Gasteiger partial charge >= 0.3 is 6.09 Å². The van der Waals surface area contributed by atoms with Crippen LogP contribution in [0.5, 0.6) is 5.75 Å². The van der Waals surface area contributed by atoms with Gasteiger partial charge in [0.15, 0.2) is 0 Å². The van der Waals surface area contributed by atoms with Crippen molar-refractivity contribution in [2.75, 3.05) is 13.2 Å². The summed E-state index contributed by atoms with van der Waals surface area (Å²) in [6.07, 6.45) is 0.479. The summed E-state index contributed by atoms with van der Waals surface area (Å²) in [5.74, 6) is 0.837. The van der Waals surface area contributed by atoms with Gasteiger partial charge in [-0.25, -0.2) is 9.78 Å². The minimum atomic E-state index is -0.892. The highest BCUT2D eigenvalue weighted by molar-refractivity contribution is 7.07. The molecule has 1 aliphatic rings. The Morgan fingerprint density at radius 1 is 1.27 bits per heavy atom. The number of carbonyl (C=O) groups is 1. The predicted molar refractivity (Wildman–Crippen MR) is 115 cm³/mol. The Balaban J connectivity index is 1.47. The van der Waals surface area contributed by atoms with Crippen LogP contribution in [0, 0.1) is 17.2 Å². The van der Waals surface area contributed by atoms with Crippen LogP contribution in [0.3, 0.4) is 0 Å². The molecule has 7 heteroatoms. The highest BCUT2D eigenvalue weighted by Crippen LogP contribution is 2.30. The van der Waals surface area contributed by atoms with E-state index >= 15 is 0 Å². The molecular weight excluding hydrogens is 398 g/mol. The molecule has 0 spiro atoms. The fourth-order valence-electron chi connectivity index (χ4n) is 3.92. The van der Waals surface area contributed by atoms with Gasteiger partial charge in [0, 0.05) is 30.3 Å². The topological polar surface area (TPSA) is 86.5 Å². The van der Waals surface area contributed by atoms with Crippen molar-refractivity contribution >= 4 is 17.4 Å². The van der Waals surface area contributed by atoms with Crippen LogP contribution >= 0.6 is 11.3 Å². The van der Waals surface area contributed by atoms with Gasteiger partial charge in [-0.1, -0.05) is 24.3 Å². The fourth-order valence-corrected chi connectivity index (χ4v) is 4.49. The maximum absolute atomic E-state index is 11.7. The summed E-state index contributed by atoms with van der Waals surface area (Å²) in [6, 6.07) is 17.2. The zero-order valence-corrected chi connectivity index (χ0v) is 17.1. The SMILES string of the molecule is N#Cc1cccc(-c2cccc(OCC3CCN(C(=O)O)C3Cc3cscn3)c2)c1. The van der Waals surface area contributed by atoms with Crippen molar-refractivity contribution in [3.8, 4) is 22.9 Å². The summed E-state index contributed by atoms with van der Waals surface area (Å²) in [5, 5.41) is 20.7. The zero-order valence-electron chi connectivity index (χ0n) is 16.3. The first-order chi connectivity index (χ1) is 14.6. The van der Waals surface area contributed by atoms with Crippen LogP contribution in [0.15, 0.2) is 59.4 Å². The molecule has 0 saturated carbocycles. The molecule has 2 atom stereocenters. The van der Waals surface area contributed by atoms with Crippen LogP contribution in [0.1, 0.15) is 17.7 Å². The normalized spacial score (nSPS) is 18.2. The lowest BCUT2D eigenvalue weighted by atomic mass is 9.97. The number of hydrogen-bond acceptors (Lipinski definition) is 5. The molecule has 2 aromatic carbocycles. The number of likely N-dealkylation sites (tertiary alicyclic amines) is 1. The number of thiazole rings is 1. The van der Waals surface area contributed by atoms with E-state index in [1.165, 1.54) is 16.2 Å². The molecule has 1 amide bonds. The molecule has 1 aliphatic heterocycles. The van der Waals surface area contributed by atoms with Gasteiger partial charge in [-0.2, -0.15) is 5.26 Å². The molecule has 1 N–H and O–H groups in total. The number of amides is 1. The molecule has 0 aliphatic carbocycles. The second kappa shape index (κ2) is 8.97. The lowest BCUT2D eigenvalue weighted by Crippen LogP contribution is -2.39. The van der Waals surface area contributed by atoms with Crippen LogP contribution in [0.25, 0.3) is 11.1 Å². The third kappa shape index (κ3) is 4.44. The lowest BCUT2D eigenvalue weighted by molar-refractivity contribution is 0.127. The van der Waals surface area contributed by atoms with Gasteiger partial charge in [-0.3, -0.25) is 0 Å². The van der Waals surface area contributed by atoms with Gasteiger partial charge < -0.3 is 14.7 Å². The Morgan fingerprint density at radius 3 is 2.80 bits per heavy atom. The summed E-state index contributed by atoms with van der Waals surface area (Å²) in [7, 11) is 0. The first-order valence-electron chi connectivity index (χ1n) is 9.74. The third-order valence-corrected chi connectivity index (χ3v) is 6.09. The second-order valence-corrected chi connectivity index (χ2v) is 8.03. The third-order valence-electron chi connectivity index (χ3n) is 5.46. The highest BCUT2D eigenvalue weighted by atomic mass is 32.1. The molecule has 3 aromatic rings. The number of hydrogen-bond donors (Lipinski definition) is 1. The minimum Gasteiger partial charge on any atom is -0.493 e. The number of nitrogens with zero attached hydrogens (tertiary/aromatic N) is 3. The molecule has 6 nitrogen and oxygen atoms in total. The number of aromatic nitrogens is 1. The van der Waals surface area contributed by atoms with Crippen molar-refractivity contribution in [3.63, 3.8) is 0 Å². The molecule has 2 heterocycles. The summed E-state index contributed by atoms with van der Waals surface area (Å²) < 4.78 is 6.08. The van der Waals surface area contributed by atoms with E-state index in [1.54, 1.807) is 11.6 Å². The molecule has 152 valence electrons. The standard InChI is InChI=1S/C23H21N3O3S/c24-12-16-3-1-4-17(9-16)18-5-2-6-21(10-18)29-13-19-7-8-26(23(27)28)22(19)11-20-14-30-15-25-20/h1-6,9-10,14-15,19,22H,7-8,11,13H2,(H,27,28). The first-order valence-corrected chi connectivity index (χ1v) is 10.7. The summed E-state index contributed by atoms with van der Waals surface area (Å²) >= 11 is 1.52. The van der Waals surface area contributed by atoms with E-state index in [2.05, 4.69) is 11.1 Å². The average Bonchev–Trinajstić information content (AvgIpc) is 3.43. The van der Waals surface area contributed by atoms with E-state index in [4.69, 9.17) is 10.00 Å². The number of carboxylic acid groups (broad SMARTS) is 1. The van der Waals surface area contributed by atoms with Crippen molar-refractivity contribution in [1.29, 1.82) is 5.26 Å². The number of rotatable bonds is 6. The Morgan fingerprint density at radius 2 is 2.07 bits per heavy atom. The van der Waals surface area contributed by atoms with Gasteiger partial charge in [0.25, 0.3) is 0 Å². The van der Waals surface area contributed by atoms with E-state index in [-0.39, 0.29) is 12.0 Å².